The number of carboxylic acids is 1. The van der Waals surface area contributed by atoms with E-state index in [0.29, 0.717) is 17.0 Å². The number of carboxylic acid groups (broad SMARTS) is 1. The number of aromatic carboxylic acids is 1. The number of hydrogen-bond donors (Lipinski definition) is 2. The Labute approximate surface area is 217 Å². The van der Waals surface area contributed by atoms with E-state index in [2.05, 4.69) is 14.5 Å². The van der Waals surface area contributed by atoms with E-state index in [-0.39, 0.29) is 10.5 Å². The van der Waals surface area contributed by atoms with Crippen LogP contribution in [0.3, 0.4) is 0 Å². The molecule has 1 fully saturated rings. The predicted octanol–water partition coefficient (Wildman–Crippen LogP) is 3.83. The highest BCUT2D eigenvalue weighted by molar-refractivity contribution is 7.92. The molecule has 1 heterocycles. The molecule has 2 N–H and O–H groups in total. The van der Waals surface area contributed by atoms with Crippen molar-refractivity contribution in [3.63, 3.8) is 0 Å². The number of sulfonamides is 1. The molecule has 0 radical (unpaired) electrons. The summed E-state index contributed by atoms with van der Waals surface area (Å²) >= 11 is 0. The average molecular weight is 526 g/mol. The summed E-state index contributed by atoms with van der Waals surface area (Å²) in [5.74, 6) is 0.271. The van der Waals surface area contributed by atoms with E-state index in [1.807, 2.05) is 30.3 Å². The molecule has 3 aromatic carbocycles. The number of anilines is 2. The molecule has 4 rings (SSSR count). The molecule has 0 bridgehead atoms. The van der Waals surface area contributed by atoms with E-state index in [4.69, 9.17) is 9.47 Å². The maximum Gasteiger partial charge on any atom is 0.335 e. The quantitative estimate of drug-likeness (QED) is 0.434. The van der Waals surface area contributed by atoms with Gasteiger partial charge in [-0.05, 0) is 66.6 Å². The van der Waals surface area contributed by atoms with Crippen LogP contribution in [-0.2, 0) is 16.6 Å². The first-order valence-corrected chi connectivity index (χ1v) is 13.3. The number of benzene rings is 3. The third-order valence-corrected chi connectivity index (χ3v) is 7.84. The van der Waals surface area contributed by atoms with Gasteiger partial charge in [0.05, 0.1) is 24.7 Å². The Morgan fingerprint density at radius 1 is 0.919 bits per heavy atom. The topological polar surface area (TPSA) is 108 Å². The van der Waals surface area contributed by atoms with E-state index < -0.39 is 16.0 Å². The maximum atomic E-state index is 12.8. The van der Waals surface area contributed by atoms with Crippen LogP contribution in [-0.4, -0.2) is 64.8 Å². The number of carbonyl (C=O) groups is 1. The lowest BCUT2D eigenvalue weighted by molar-refractivity contribution is 0.0696. The number of methoxy groups -OCH3 is 2. The highest BCUT2D eigenvalue weighted by Crippen LogP contribution is 2.28. The lowest BCUT2D eigenvalue weighted by Crippen LogP contribution is -2.45. The molecule has 37 heavy (non-hydrogen) atoms. The lowest BCUT2D eigenvalue weighted by atomic mass is 10.1. The summed E-state index contributed by atoms with van der Waals surface area (Å²) in [6.07, 6.45) is 0. The molecule has 1 aliphatic rings. The van der Waals surface area contributed by atoms with E-state index in [1.165, 1.54) is 18.2 Å². The fourth-order valence-corrected chi connectivity index (χ4v) is 5.44. The Balaban J connectivity index is 1.35. The van der Waals surface area contributed by atoms with Crippen molar-refractivity contribution in [2.45, 2.75) is 18.4 Å². The zero-order valence-electron chi connectivity index (χ0n) is 21.1. The summed E-state index contributed by atoms with van der Waals surface area (Å²) in [5, 5.41) is 9.30. The molecular weight excluding hydrogens is 494 g/mol. The minimum atomic E-state index is -3.92. The predicted molar refractivity (Wildman–Crippen MR) is 142 cm³/mol. The van der Waals surface area contributed by atoms with Gasteiger partial charge in [-0.2, -0.15) is 0 Å². The standard InChI is InChI=1S/C27H31N3O6S/c1-19-4-10-23(17-24(19)27(31)32)37(33,34)28-21-6-8-22(9-7-21)30-14-12-29(13-15-30)18-20-5-11-25(35-2)26(16-20)36-3/h4-11,16-17,28H,12-15,18H2,1-3H3,(H,31,32). The lowest BCUT2D eigenvalue weighted by Gasteiger charge is -2.36. The molecular formula is C27H31N3O6S. The van der Waals surface area contributed by atoms with Crippen LogP contribution in [0.5, 0.6) is 11.5 Å². The SMILES string of the molecule is COc1ccc(CN2CCN(c3ccc(NS(=O)(=O)c4ccc(C)c(C(=O)O)c4)cc3)CC2)cc1OC. The number of nitrogens with zero attached hydrogens (tertiary/aromatic N) is 2. The van der Waals surface area contributed by atoms with Gasteiger partial charge in [-0.3, -0.25) is 9.62 Å². The Hall–Kier alpha value is -3.76. The van der Waals surface area contributed by atoms with Crippen molar-refractivity contribution < 1.29 is 27.8 Å². The Morgan fingerprint density at radius 2 is 1.59 bits per heavy atom. The van der Waals surface area contributed by atoms with Gasteiger partial charge < -0.3 is 19.5 Å². The zero-order chi connectivity index (χ0) is 26.6. The van der Waals surface area contributed by atoms with E-state index >= 15 is 0 Å². The van der Waals surface area contributed by atoms with Gasteiger partial charge in [0.15, 0.2) is 11.5 Å². The number of ether oxygens (including phenoxy) is 2. The minimum absolute atomic E-state index is 0.0384. The smallest absolute Gasteiger partial charge is 0.335 e. The number of hydrogen-bond acceptors (Lipinski definition) is 7. The van der Waals surface area contributed by atoms with Crippen molar-refractivity contribution in [2.24, 2.45) is 0 Å². The molecule has 3 aromatic rings. The van der Waals surface area contributed by atoms with E-state index in [0.717, 1.165) is 49.7 Å². The van der Waals surface area contributed by atoms with Crippen LogP contribution in [0.2, 0.25) is 0 Å². The van der Waals surface area contributed by atoms with Crippen molar-refractivity contribution in [1.29, 1.82) is 0 Å². The van der Waals surface area contributed by atoms with Crippen LogP contribution in [0.25, 0.3) is 0 Å². The van der Waals surface area contributed by atoms with Crippen LogP contribution in [0.15, 0.2) is 65.6 Å². The molecule has 0 unspecified atom stereocenters. The summed E-state index contributed by atoms with van der Waals surface area (Å²) in [5.41, 5.74) is 3.04. The van der Waals surface area contributed by atoms with Crippen molar-refractivity contribution >= 4 is 27.4 Å². The molecule has 1 aliphatic heterocycles. The summed E-state index contributed by atoms with van der Waals surface area (Å²) in [4.78, 5) is 15.9. The number of nitrogens with one attached hydrogen (secondary N) is 1. The van der Waals surface area contributed by atoms with Gasteiger partial charge >= 0.3 is 5.97 Å². The summed E-state index contributed by atoms with van der Waals surface area (Å²) in [6, 6.07) is 17.3. The summed E-state index contributed by atoms with van der Waals surface area (Å²) < 4.78 is 38.9. The third-order valence-electron chi connectivity index (χ3n) is 6.46. The second-order valence-electron chi connectivity index (χ2n) is 8.89. The van der Waals surface area contributed by atoms with Crippen LogP contribution < -0.4 is 19.1 Å². The molecule has 0 spiro atoms. The monoisotopic (exact) mass is 525 g/mol. The van der Waals surface area contributed by atoms with Crippen molar-refractivity contribution in [3.8, 4) is 11.5 Å². The highest BCUT2D eigenvalue weighted by atomic mass is 32.2. The van der Waals surface area contributed by atoms with Gasteiger partial charge in [-0.25, -0.2) is 13.2 Å². The molecule has 1 saturated heterocycles. The normalized spacial score (nSPS) is 14.3. The van der Waals surface area contributed by atoms with Crippen molar-refractivity contribution in [2.75, 3.05) is 50.0 Å². The number of rotatable bonds is 9. The average Bonchev–Trinajstić information content (AvgIpc) is 2.89. The van der Waals surface area contributed by atoms with Gasteiger partial charge in [-0.1, -0.05) is 12.1 Å². The third kappa shape index (κ3) is 6.15. The Bertz CT molecular complexity index is 1370. The Kier molecular flexibility index (Phi) is 7.89. The second-order valence-corrected chi connectivity index (χ2v) is 10.6. The van der Waals surface area contributed by atoms with Gasteiger partial charge in [-0.15, -0.1) is 0 Å². The zero-order valence-corrected chi connectivity index (χ0v) is 21.9. The largest absolute Gasteiger partial charge is 0.493 e. The number of piperazine rings is 1. The van der Waals surface area contributed by atoms with Crippen LogP contribution in [0.1, 0.15) is 21.5 Å². The van der Waals surface area contributed by atoms with Gasteiger partial charge in [0, 0.05) is 44.1 Å². The molecule has 0 atom stereocenters. The Morgan fingerprint density at radius 3 is 2.22 bits per heavy atom. The van der Waals surface area contributed by atoms with E-state index in [9.17, 15) is 18.3 Å². The first-order chi connectivity index (χ1) is 17.7. The minimum Gasteiger partial charge on any atom is -0.493 e. The second kappa shape index (κ2) is 11.1. The van der Waals surface area contributed by atoms with Crippen LogP contribution in [0.4, 0.5) is 11.4 Å². The molecule has 9 nitrogen and oxygen atoms in total. The van der Waals surface area contributed by atoms with E-state index in [1.54, 1.807) is 33.3 Å². The molecule has 0 amide bonds. The van der Waals surface area contributed by atoms with Gasteiger partial charge in [0.25, 0.3) is 10.0 Å². The fraction of sp³-hybridized carbons (Fsp3) is 0.296. The van der Waals surface area contributed by atoms with Crippen molar-refractivity contribution in [3.05, 3.63) is 77.4 Å². The highest BCUT2D eigenvalue weighted by Gasteiger charge is 2.20. The van der Waals surface area contributed by atoms with Crippen LogP contribution in [0, 0.1) is 6.92 Å². The first kappa shape index (κ1) is 26.3. The molecule has 196 valence electrons. The fourth-order valence-electron chi connectivity index (χ4n) is 4.35. The molecule has 0 aliphatic carbocycles. The summed E-state index contributed by atoms with van der Waals surface area (Å²) in [6.45, 7) is 5.92. The number of aryl methyl sites for hydroxylation is 1. The molecule has 0 saturated carbocycles. The first-order valence-electron chi connectivity index (χ1n) is 11.8. The van der Waals surface area contributed by atoms with Gasteiger partial charge in [0.2, 0.25) is 0 Å². The molecule has 0 aromatic heterocycles. The molecule has 10 heteroatoms. The maximum absolute atomic E-state index is 12.8. The van der Waals surface area contributed by atoms with Crippen LogP contribution >= 0.6 is 0 Å². The summed E-state index contributed by atoms with van der Waals surface area (Å²) in [7, 11) is -0.663. The van der Waals surface area contributed by atoms with Gasteiger partial charge in [0.1, 0.15) is 0 Å². The van der Waals surface area contributed by atoms with Crippen molar-refractivity contribution in [1.82, 2.24) is 4.90 Å².